The summed E-state index contributed by atoms with van der Waals surface area (Å²) in [5.41, 5.74) is 2.29. The van der Waals surface area contributed by atoms with Crippen molar-refractivity contribution in [2.45, 2.75) is 25.9 Å². The van der Waals surface area contributed by atoms with Gasteiger partial charge in [-0.2, -0.15) is 0 Å². The Bertz CT molecular complexity index is 771. The molecule has 0 spiro atoms. The molecular weight excluding hydrogens is 348 g/mol. The highest BCUT2D eigenvalue weighted by molar-refractivity contribution is 7.80. The van der Waals surface area contributed by atoms with Crippen molar-refractivity contribution in [3.05, 3.63) is 59.7 Å². The first-order valence-corrected chi connectivity index (χ1v) is 9.05. The van der Waals surface area contributed by atoms with Crippen LogP contribution in [0.15, 0.2) is 48.5 Å². The van der Waals surface area contributed by atoms with E-state index in [0.29, 0.717) is 12.2 Å². The fourth-order valence-electron chi connectivity index (χ4n) is 2.76. The summed E-state index contributed by atoms with van der Waals surface area (Å²) < 4.78 is 11.3. The molecule has 0 aromatic heterocycles. The molecular formula is C20H22N2O3S. The first-order chi connectivity index (χ1) is 12.6. The predicted molar refractivity (Wildman–Crippen MR) is 106 cm³/mol. The number of ether oxygens (including phenoxy) is 2. The number of rotatable bonds is 5. The van der Waals surface area contributed by atoms with E-state index in [9.17, 15) is 4.79 Å². The highest BCUT2D eigenvalue weighted by Crippen LogP contribution is 2.18. The molecule has 3 rings (SSSR count). The summed E-state index contributed by atoms with van der Waals surface area (Å²) >= 11 is 5.22. The Balaban J connectivity index is 1.49. The molecule has 0 radical (unpaired) electrons. The Morgan fingerprint density at radius 1 is 1.23 bits per heavy atom. The summed E-state index contributed by atoms with van der Waals surface area (Å²) in [6, 6.07) is 14.8. The Morgan fingerprint density at radius 3 is 2.69 bits per heavy atom. The maximum absolute atomic E-state index is 12.3. The topological polar surface area (TPSA) is 59.6 Å². The van der Waals surface area contributed by atoms with E-state index >= 15 is 0 Å². The largest absolute Gasteiger partial charge is 0.491 e. The molecule has 1 heterocycles. The molecule has 1 amide bonds. The van der Waals surface area contributed by atoms with Gasteiger partial charge in [-0.25, -0.2) is 0 Å². The number of amides is 1. The molecule has 2 aromatic carbocycles. The quantitative estimate of drug-likeness (QED) is 0.787. The van der Waals surface area contributed by atoms with E-state index < -0.39 is 0 Å². The summed E-state index contributed by atoms with van der Waals surface area (Å²) in [5, 5.41) is 5.96. The number of thiocarbonyl (C=S) groups is 1. The summed E-state index contributed by atoms with van der Waals surface area (Å²) in [6.45, 7) is 3.28. The van der Waals surface area contributed by atoms with Crippen LogP contribution in [0, 0.1) is 6.92 Å². The monoisotopic (exact) mass is 370 g/mol. The molecule has 2 aromatic rings. The van der Waals surface area contributed by atoms with E-state index in [4.69, 9.17) is 21.7 Å². The standard InChI is InChI=1S/C20H22N2O3S/c1-14-5-2-3-7-18(14)19(23)22-20(26)21-15-8-10-16(11-9-15)25-13-17-6-4-12-24-17/h2-3,5,7-11,17H,4,6,12-13H2,1H3,(H2,21,22,23,26)/t17-/m0/s1. The average molecular weight is 370 g/mol. The summed E-state index contributed by atoms with van der Waals surface area (Å²) in [5.74, 6) is 0.554. The molecule has 26 heavy (non-hydrogen) atoms. The maximum atomic E-state index is 12.3. The molecule has 0 bridgehead atoms. The second-order valence-corrected chi connectivity index (χ2v) is 6.60. The lowest BCUT2D eigenvalue weighted by Crippen LogP contribution is -2.34. The first kappa shape index (κ1) is 18.4. The van der Waals surface area contributed by atoms with Gasteiger partial charge in [0.25, 0.3) is 5.91 Å². The minimum absolute atomic E-state index is 0.192. The minimum Gasteiger partial charge on any atom is -0.491 e. The van der Waals surface area contributed by atoms with Crippen LogP contribution in [0.5, 0.6) is 5.75 Å². The van der Waals surface area contributed by atoms with Crippen LogP contribution in [0.25, 0.3) is 0 Å². The molecule has 5 nitrogen and oxygen atoms in total. The van der Waals surface area contributed by atoms with Crippen molar-refractivity contribution in [2.75, 3.05) is 18.5 Å². The van der Waals surface area contributed by atoms with Crippen molar-refractivity contribution in [3.8, 4) is 5.75 Å². The van der Waals surface area contributed by atoms with Crippen LogP contribution in [0.2, 0.25) is 0 Å². The van der Waals surface area contributed by atoms with Crippen LogP contribution in [-0.2, 0) is 4.74 Å². The van der Waals surface area contributed by atoms with Gasteiger partial charge in [0.05, 0.1) is 6.10 Å². The van der Waals surface area contributed by atoms with Gasteiger partial charge in [0.1, 0.15) is 12.4 Å². The van der Waals surface area contributed by atoms with Crippen LogP contribution < -0.4 is 15.4 Å². The number of hydrogen-bond donors (Lipinski definition) is 2. The van der Waals surface area contributed by atoms with Crippen molar-refractivity contribution in [1.82, 2.24) is 5.32 Å². The van der Waals surface area contributed by atoms with Crippen molar-refractivity contribution in [2.24, 2.45) is 0 Å². The van der Waals surface area contributed by atoms with Crippen LogP contribution in [0.1, 0.15) is 28.8 Å². The van der Waals surface area contributed by atoms with Gasteiger partial charge in [-0.1, -0.05) is 18.2 Å². The summed E-state index contributed by atoms with van der Waals surface area (Å²) in [7, 11) is 0. The molecule has 1 saturated heterocycles. The van der Waals surface area contributed by atoms with Gasteiger partial charge in [0.15, 0.2) is 5.11 Å². The lowest BCUT2D eigenvalue weighted by atomic mass is 10.1. The molecule has 1 fully saturated rings. The van der Waals surface area contributed by atoms with Gasteiger partial charge in [-0.3, -0.25) is 10.1 Å². The Hall–Kier alpha value is -2.44. The molecule has 1 aliphatic rings. The number of hydrogen-bond acceptors (Lipinski definition) is 4. The molecule has 6 heteroatoms. The van der Waals surface area contributed by atoms with E-state index in [2.05, 4.69) is 10.6 Å². The summed E-state index contributed by atoms with van der Waals surface area (Å²) in [6.07, 6.45) is 2.34. The number of benzene rings is 2. The number of anilines is 1. The fraction of sp³-hybridized carbons (Fsp3) is 0.300. The van der Waals surface area contributed by atoms with Crippen LogP contribution in [0.4, 0.5) is 5.69 Å². The third-order valence-electron chi connectivity index (χ3n) is 4.19. The number of nitrogens with one attached hydrogen (secondary N) is 2. The maximum Gasteiger partial charge on any atom is 0.257 e. The fourth-order valence-corrected chi connectivity index (χ4v) is 2.97. The van der Waals surface area contributed by atoms with Gasteiger partial charge in [-0.05, 0) is 67.9 Å². The average Bonchev–Trinajstić information content (AvgIpc) is 3.15. The van der Waals surface area contributed by atoms with Gasteiger partial charge in [-0.15, -0.1) is 0 Å². The van der Waals surface area contributed by atoms with E-state index in [-0.39, 0.29) is 17.1 Å². The SMILES string of the molecule is Cc1ccccc1C(=O)NC(=S)Nc1ccc(OC[C@@H]2CCCO2)cc1. The zero-order chi connectivity index (χ0) is 18.4. The highest BCUT2D eigenvalue weighted by Gasteiger charge is 2.16. The molecule has 136 valence electrons. The minimum atomic E-state index is -0.225. The molecule has 0 unspecified atom stereocenters. The lowest BCUT2D eigenvalue weighted by molar-refractivity contribution is 0.0679. The van der Waals surface area contributed by atoms with Gasteiger partial charge < -0.3 is 14.8 Å². The zero-order valence-corrected chi connectivity index (χ0v) is 15.5. The van der Waals surface area contributed by atoms with Gasteiger partial charge >= 0.3 is 0 Å². The van der Waals surface area contributed by atoms with E-state index in [1.54, 1.807) is 6.07 Å². The van der Waals surface area contributed by atoms with Gasteiger partial charge in [0.2, 0.25) is 0 Å². The molecule has 0 aliphatic carbocycles. The summed E-state index contributed by atoms with van der Waals surface area (Å²) in [4.78, 5) is 12.3. The van der Waals surface area contributed by atoms with Crippen LogP contribution >= 0.6 is 12.2 Å². The third-order valence-corrected chi connectivity index (χ3v) is 4.39. The zero-order valence-electron chi connectivity index (χ0n) is 14.7. The van der Waals surface area contributed by atoms with E-state index in [1.165, 1.54) is 0 Å². The highest BCUT2D eigenvalue weighted by atomic mass is 32.1. The van der Waals surface area contributed by atoms with Crippen molar-refractivity contribution in [3.63, 3.8) is 0 Å². The molecule has 2 N–H and O–H groups in total. The Morgan fingerprint density at radius 2 is 2.00 bits per heavy atom. The number of carbonyl (C=O) groups is 1. The van der Waals surface area contributed by atoms with E-state index in [1.807, 2.05) is 49.4 Å². The predicted octanol–water partition coefficient (Wildman–Crippen LogP) is 3.68. The first-order valence-electron chi connectivity index (χ1n) is 8.64. The number of carbonyl (C=O) groups excluding carboxylic acids is 1. The number of aryl methyl sites for hydroxylation is 1. The molecule has 0 saturated carbocycles. The van der Waals surface area contributed by atoms with Gasteiger partial charge in [0, 0.05) is 17.9 Å². The van der Waals surface area contributed by atoms with Crippen molar-refractivity contribution >= 4 is 28.9 Å². The third kappa shape index (κ3) is 5.03. The second kappa shape index (κ2) is 8.78. The van der Waals surface area contributed by atoms with Crippen LogP contribution in [0.3, 0.4) is 0 Å². The Kier molecular flexibility index (Phi) is 6.20. The Labute approximate surface area is 158 Å². The van der Waals surface area contributed by atoms with E-state index in [0.717, 1.165) is 36.4 Å². The molecule has 1 aliphatic heterocycles. The van der Waals surface area contributed by atoms with Crippen LogP contribution in [-0.4, -0.2) is 30.3 Å². The van der Waals surface area contributed by atoms with Crippen molar-refractivity contribution < 1.29 is 14.3 Å². The lowest BCUT2D eigenvalue weighted by Gasteiger charge is -2.13. The second-order valence-electron chi connectivity index (χ2n) is 6.19. The molecule has 1 atom stereocenters. The normalized spacial score (nSPS) is 16.1. The van der Waals surface area contributed by atoms with Crippen molar-refractivity contribution in [1.29, 1.82) is 0 Å². The smallest absolute Gasteiger partial charge is 0.257 e.